The van der Waals surface area contributed by atoms with Crippen LogP contribution in [0.15, 0.2) is 60.0 Å². The first-order chi connectivity index (χ1) is 17.8. The number of anilines is 1. The van der Waals surface area contributed by atoms with Crippen LogP contribution in [-0.2, 0) is 11.2 Å². The minimum absolute atomic E-state index is 0.0281. The van der Waals surface area contributed by atoms with Crippen molar-refractivity contribution in [2.24, 2.45) is 5.92 Å². The molecule has 3 amide bonds. The summed E-state index contributed by atoms with van der Waals surface area (Å²) in [4.78, 5) is 31.5. The zero-order valence-corrected chi connectivity index (χ0v) is 22.8. The quantitative estimate of drug-likeness (QED) is 0.355. The van der Waals surface area contributed by atoms with Gasteiger partial charge in [0, 0.05) is 34.7 Å². The van der Waals surface area contributed by atoms with Gasteiger partial charge in [0.1, 0.15) is 24.7 Å². The van der Waals surface area contributed by atoms with Crippen LogP contribution in [0.2, 0.25) is 5.02 Å². The molecule has 0 fully saturated rings. The summed E-state index contributed by atoms with van der Waals surface area (Å²) in [5.41, 5.74) is 1.69. The Morgan fingerprint density at radius 2 is 1.95 bits per heavy atom. The van der Waals surface area contributed by atoms with Crippen molar-refractivity contribution in [1.82, 2.24) is 9.80 Å². The van der Waals surface area contributed by atoms with Gasteiger partial charge in [0.15, 0.2) is 0 Å². The van der Waals surface area contributed by atoms with Crippen molar-refractivity contribution in [3.8, 4) is 11.5 Å². The van der Waals surface area contributed by atoms with Crippen molar-refractivity contribution < 1.29 is 19.1 Å². The molecule has 0 aliphatic carbocycles. The molecule has 1 unspecified atom stereocenters. The van der Waals surface area contributed by atoms with Crippen LogP contribution < -0.4 is 14.8 Å². The molecule has 196 valence electrons. The molecule has 3 aromatic rings. The molecule has 0 bridgehead atoms. The fraction of sp³-hybridized carbons (Fsp3) is 0.357. The lowest BCUT2D eigenvalue weighted by molar-refractivity contribution is -0.135. The van der Waals surface area contributed by atoms with Gasteiger partial charge < -0.3 is 24.6 Å². The van der Waals surface area contributed by atoms with Crippen LogP contribution in [0.5, 0.6) is 11.5 Å². The lowest BCUT2D eigenvalue weighted by atomic mass is 10.0. The zero-order chi connectivity index (χ0) is 26.4. The molecule has 0 radical (unpaired) electrons. The minimum Gasteiger partial charge on any atom is -0.497 e. The van der Waals surface area contributed by atoms with Crippen molar-refractivity contribution >= 4 is 40.6 Å². The number of rotatable bonds is 9. The number of urea groups is 1. The van der Waals surface area contributed by atoms with Crippen LogP contribution in [0.1, 0.15) is 30.3 Å². The minimum atomic E-state index is -0.332. The van der Waals surface area contributed by atoms with Gasteiger partial charge in [-0.05, 0) is 59.7 Å². The highest BCUT2D eigenvalue weighted by molar-refractivity contribution is 7.10. The second-order valence-electron chi connectivity index (χ2n) is 9.36. The summed E-state index contributed by atoms with van der Waals surface area (Å²) in [5.74, 6) is 1.46. The number of thiophene rings is 1. The molecule has 9 heteroatoms. The maximum absolute atomic E-state index is 13.7. The van der Waals surface area contributed by atoms with E-state index >= 15 is 0 Å². The van der Waals surface area contributed by atoms with E-state index in [0.717, 1.165) is 12.0 Å². The molecule has 1 atom stereocenters. The van der Waals surface area contributed by atoms with Crippen LogP contribution in [0, 0.1) is 5.92 Å². The van der Waals surface area contributed by atoms with Gasteiger partial charge >= 0.3 is 6.03 Å². The van der Waals surface area contributed by atoms with Gasteiger partial charge in [0.25, 0.3) is 0 Å². The Kier molecular flexibility index (Phi) is 8.95. The number of fused-ring (bicyclic) bond motifs is 1. The van der Waals surface area contributed by atoms with E-state index in [1.165, 1.54) is 4.88 Å². The molecule has 1 aliphatic rings. The van der Waals surface area contributed by atoms with Gasteiger partial charge in [-0.25, -0.2) is 4.79 Å². The van der Waals surface area contributed by atoms with Gasteiger partial charge in [-0.3, -0.25) is 4.79 Å². The van der Waals surface area contributed by atoms with Crippen molar-refractivity contribution in [2.45, 2.75) is 26.3 Å². The van der Waals surface area contributed by atoms with E-state index < -0.39 is 0 Å². The third-order valence-corrected chi connectivity index (χ3v) is 7.37. The molecule has 2 aromatic carbocycles. The normalized spacial score (nSPS) is 14.7. The van der Waals surface area contributed by atoms with Gasteiger partial charge in [0.05, 0.1) is 13.2 Å². The standard InChI is InChI=1S/C28H32ClN3O4S/c1-19(2)16-31(28(34)30-21-7-4-6-20(29)14-21)17-27(33)32-12-10-26-24(11-13-37-26)25(32)18-36-23-9-5-8-22(15-23)35-3/h4-9,11,13-15,19,25H,10,12,16-18H2,1-3H3,(H,30,34). The van der Waals surface area contributed by atoms with E-state index in [1.807, 2.05) is 43.0 Å². The number of benzene rings is 2. The first-order valence-electron chi connectivity index (χ1n) is 12.3. The predicted molar refractivity (Wildman–Crippen MR) is 148 cm³/mol. The van der Waals surface area contributed by atoms with E-state index in [1.54, 1.807) is 47.6 Å². The Hall–Kier alpha value is -3.23. The van der Waals surface area contributed by atoms with Crippen LogP contribution in [0.3, 0.4) is 0 Å². The topological polar surface area (TPSA) is 71.1 Å². The molecule has 0 saturated heterocycles. The van der Waals surface area contributed by atoms with Crippen LogP contribution in [0.4, 0.5) is 10.5 Å². The lowest BCUT2D eigenvalue weighted by Crippen LogP contribution is -2.49. The number of carbonyl (C=O) groups is 2. The fourth-order valence-corrected chi connectivity index (χ4v) is 5.54. The molecular weight excluding hydrogens is 510 g/mol. The highest BCUT2D eigenvalue weighted by atomic mass is 35.5. The highest BCUT2D eigenvalue weighted by Gasteiger charge is 2.33. The Labute approximate surface area is 226 Å². The van der Waals surface area contributed by atoms with E-state index in [9.17, 15) is 9.59 Å². The molecule has 1 N–H and O–H groups in total. The Morgan fingerprint density at radius 1 is 1.16 bits per heavy atom. The second kappa shape index (κ2) is 12.3. The summed E-state index contributed by atoms with van der Waals surface area (Å²) >= 11 is 7.77. The summed E-state index contributed by atoms with van der Waals surface area (Å²) in [5, 5.41) is 5.46. The number of halogens is 1. The average molecular weight is 542 g/mol. The van der Waals surface area contributed by atoms with Gasteiger partial charge in [0.2, 0.25) is 5.91 Å². The average Bonchev–Trinajstić information content (AvgIpc) is 3.36. The number of amides is 3. The smallest absolute Gasteiger partial charge is 0.322 e. The SMILES string of the molecule is COc1cccc(OCC2c3ccsc3CCN2C(=O)CN(CC(C)C)C(=O)Nc2cccc(Cl)c2)c1. The Morgan fingerprint density at radius 3 is 2.70 bits per heavy atom. The summed E-state index contributed by atoms with van der Waals surface area (Å²) in [7, 11) is 1.61. The Balaban J connectivity index is 1.50. The molecule has 7 nitrogen and oxygen atoms in total. The van der Waals surface area contributed by atoms with Crippen LogP contribution in [-0.4, -0.2) is 55.1 Å². The number of carbonyl (C=O) groups excluding carboxylic acids is 2. The molecule has 37 heavy (non-hydrogen) atoms. The van der Waals surface area contributed by atoms with E-state index in [2.05, 4.69) is 16.8 Å². The third kappa shape index (κ3) is 6.96. The molecule has 1 aromatic heterocycles. The van der Waals surface area contributed by atoms with E-state index in [4.69, 9.17) is 21.1 Å². The lowest BCUT2D eigenvalue weighted by Gasteiger charge is -2.37. The summed E-state index contributed by atoms with van der Waals surface area (Å²) in [6.45, 7) is 5.34. The first kappa shape index (κ1) is 26.8. The molecule has 0 saturated carbocycles. The zero-order valence-electron chi connectivity index (χ0n) is 21.3. The van der Waals surface area contributed by atoms with Crippen molar-refractivity contribution in [3.05, 3.63) is 75.4 Å². The van der Waals surface area contributed by atoms with Crippen molar-refractivity contribution in [1.29, 1.82) is 0 Å². The highest BCUT2D eigenvalue weighted by Crippen LogP contribution is 2.34. The number of methoxy groups -OCH3 is 1. The number of nitrogens with one attached hydrogen (secondary N) is 1. The summed E-state index contributed by atoms with van der Waals surface area (Å²) in [6.07, 6.45) is 0.785. The Bertz CT molecular complexity index is 1230. The van der Waals surface area contributed by atoms with Crippen LogP contribution in [0.25, 0.3) is 0 Å². The molecule has 4 rings (SSSR count). The number of hydrogen-bond acceptors (Lipinski definition) is 5. The molecule has 1 aliphatic heterocycles. The maximum Gasteiger partial charge on any atom is 0.322 e. The fourth-order valence-electron chi connectivity index (χ4n) is 4.42. The molecule has 2 heterocycles. The maximum atomic E-state index is 13.7. The summed E-state index contributed by atoms with van der Waals surface area (Å²) in [6, 6.07) is 15.9. The number of ether oxygens (including phenoxy) is 2. The monoisotopic (exact) mass is 541 g/mol. The number of nitrogens with zero attached hydrogens (tertiary/aromatic N) is 2. The third-order valence-electron chi connectivity index (χ3n) is 6.14. The van der Waals surface area contributed by atoms with Crippen molar-refractivity contribution in [3.63, 3.8) is 0 Å². The first-order valence-corrected chi connectivity index (χ1v) is 13.5. The van der Waals surface area contributed by atoms with Gasteiger partial charge in [-0.1, -0.05) is 37.6 Å². The molecule has 0 spiro atoms. The predicted octanol–water partition coefficient (Wildman–Crippen LogP) is 6.11. The van der Waals surface area contributed by atoms with Crippen molar-refractivity contribution in [2.75, 3.05) is 38.7 Å². The van der Waals surface area contributed by atoms with E-state index in [-0.39, 0.29) is 30.4 Å². The van der Waals surface area contributed by atoms with Crippen LogP contribution >= 0.6 is 22.9 Å². The second-order valence-corrected chi connectivity index (χ2v) is 10.8. The number of hydrogen-bond donors (Lipinski definition) is 1. The van der Waals surface area contributed by atoms with E-state index in [0.29, 0.717) is 41.9 Å². The largest absolute Gasteiger partial charge is 0.497 e. The molecular formula is C28H32ClN3O4S. The van der Waals surface area contributed by atoms with Gasteiger partial charge in [-0.15, -0.1) is 11.3 Å². The van der Waals surface area contributed by atoms with Gasteiger partial charge in [-0.2, -0.15) is 0 Å². The summed E-state index contributed by atoms with van der Waals surface area (Å²) < 4.78 is 11.4.